The molecule has 0 fully saturated rings. The highest BCUT2D eigenvalue weighted by Gasteiger charge is 2.16. The van der Waals surface area contributed by atoms with Crippen LogP contribution in [0.25, 0.3) is 22.0 Å². The van der Waals surface area contributed by atoms with E-state index in [1.807, 2.05) is 37.3 Å². The van der Waals surface area contributed by atoms with E-state index in [0.29, 0.717) is 28.7 Å². The molecule has 0 radical (unpaired) electrons. The fourth-order valence-electron chi connectivity index (χ4n) is 3.05. The lowest BCUT2D eigenvalue weighted by molar-refractivity contribution is -0.141. The van der Waals surface area contributed by atoms with E-state index in [-0.39, 0.29) is 12.0 Å². The minimum absolute atomic E-state index is 0.0572. The van der Waals surface area contributed by atoms with Gasteiger partial charge in [0.2, 0.25) is 0 Å². The first kappa shape index (κ1) is 20.4. The summed E-state index contributed by atoms with van der Waals surface area (Å²) in [7, 11) is 0. The van der Waals surface area contributed by atoms with Crippen LogP contribution in [0.2, 0.25) is 10.0 Å². The van der Waals surface area contributed by atoms with E-state index in [4.69, 9.17) is 28.3 Å². The van der Waals surface area contributed by atoms with Gasteiger partial charge in [0.25, 0.3) is 0 Å². The molecule has 0 spiro atoms. The van der Waals surface area contributed by atoms with Gasteiger partial charge in [-0.3, -0.25) is 4.79 Å². The SMILES string of the molecule is CC(CCC(C)C(=O)O)Nc1ncnc2cccc(-c3ccc(Cl)c(Cl)c3)c12. The molecule has 0 saturated heterocycles. The Morgan fingerprint density at radius 2 is 1.89 bits per heavy atom. The lowest BCUT2D eigenvalue weighted by atomic mass is 10.00. The first-order chi connectivity index (χ1) is 13.4. The van der Waals surface area contributed by atoms with Crippen molar-refractivity contribution < 1.29 is 9.90 Å². The van der Waals surface area contributed by atoms with Crippen LogP contribution in [0.15, 0.2) is 42.7 Å². The summed E-state index contributed by atoms with van der Waals surface area (Å²) in [5, 5.41) is 14.4. The quantitative estimate of drug-likeness (QED) is 0.499. The number of nitrogens with zero attached hydrogens (tertiary/aromatic N) is 2. The third-order valence-electron chi connectivity index (χ3n) is 4.73. The summed E-state index contributed by atoms with van der Waals surface area (Å²) in [6.45, 7) is 3.74. The molecule has 0 aliphatic rings. The number of carbonyl (C=O) groups is 1. The van der Waals surface area contributed by atoms with Gasteiger partial charge in [0, 0.05) is 6.04 Å². The number of fused-ring (bicyclic) bond motifs is 1. The number of rotatable bonds is 7. The number of aliphatic carboxylic acids is 1. The highest BCUT2D eigenvalue weighted by molar-refractivity contribution is 6.42. The van der Waals surface area contributed by atoms with Gasteiger partial charge in [0.1, 0.15) is 12.1 Å². The van der Waals surface area contributed by atoms with E-state index in [0.717, 1.165) is 22.0 Å². The number of hydrogen-bond acceptors (Lipinski definition) is 4. The van der Waals surface area contributed by atoms with Crippen molar-refractivity contribution in [1.29, 1.82) is 0 Å². The Morgan fingerprint density at radius 1 is 1.11 bits per heavy atom. The molecule has 0 bridgehead atoms. The molecule has 2 unspecified atom stereocenters. The fourth-order valence-corrected chi connectivity index (χ4v) is 3.35. The van der Waals surface area contributed by atoms with Gasteiger partial charge in [-0.05, 0) is 49.1 Å². The van der Waals surface area contributed by atoms with Crippen LogP contribution in [0.4, 0.5) is 5.82 Å². The van der Waals surface area contributed by atoms with Gasteiger partial charge in [-0.25, -0.2) is 9.97 Å². The van der Waals surface area contributed by atoms with Crippen molar-refractivity contribution in [2.45, 2.75) is 32.7 Å². The first-order valence-corrected chi connectivity index (χ1v) is 9.81. The first-order valence-electron chi connectivity index (χ1n) is 9.05. The number of carboxylic acid groups (broad SMARTS) is 1. The highest BCUT2D eigenvalue weighted by Crippen LogP contribution is 2.35. The monoisotopic (exact) mass is 417 g/mol. The smallest absolute Gasteiger partial charge is 0.306 e. The van der Waals surface area contributed by atoms with Crippen LogP contribution >= 0.6 is 23.2 Å². The number of benzene rings is 2. The van der Waals surface area contributed by atoms with Gasteiger partial charge >= 0.3 is 5.97 Å². The second kappa shape index (κ2) is 8.76. The third-order valence-corrected chi connectivity index (χ3v) is 5.47. The molecule has 1 aromatic heterocycles. The van der Waals surface area contributed by atoms with Crippen LogP contribution < -0.4 is 5.32 Å². The van der Waals surface area contributed by atoms with Crippen LogP contribution in [-0.2, 0) is 4.79 Å². The molecular formula is C21H21Cl2N3O2. The minimum atomic E-state index is -0.776. The van der Waals surface area contributed by atoms with Crippen LogP contribution in [0.5, 0.6) is 0 Å². The zero-order chi connectivity index (χ0) is 20.3. The molecule has 146 valence electrons. The number of aromatic nitrogens is 2. The molecule has 0 amide bonds. The van der Waals surface area contributed by atoms with Crippen molar-refractivity contribution in [3.05, 3.63) is 52.8 Å². The number of hydrogen-bond donors (Lipinski definition) is 2. The van der Waals surface area contributed by atoms with E-state index < -0.39 is 5.97 Å². The summed E-state index contributed by atoms with van der Waals surface area (Å²) in [4.78, 5) is 19.9. The molecule has 0 aliphatic heterocycles. The molecule has 1 heterocycles. The standard InChI is InChI=1S/C21H21Cl2N3O2/c1-12(21(27)28)6-7-13(2)26-20-19-15(4-3-5-18(19)24-11-25-20)14-8-9-16(22)17(23)10-14/h3-5,8-13H,6-7H2,1-2H3,(H,27,28)(H,24,25,26). The zero-order valence-electron chi connectivity index (χ0n) is 15.6. The van der Waals surface area contributed by atoms with Crippen molar-refractivity contribution in [1.82, 2.24) is 9.97 Å². The van der Waals surface area contributed by atoms with Crippen LogP contribution in [-0.4, -0.2) is 27.1 Å². The van der Waals surface area contributed by atoms with Crippen molar-refractivity contribution in [3.8, 4) is 11.1 Å². The summed E-state index contributed by atoms with van der Waals surface area (Å²) < 4.78 is 0. The number of nitrogens with one attached hydrogen (secondary N) is 1. The van der Waals surface area contributed by atoms with Gasteiger partial charge in [-0.2, -0.15) is 0 Å². The summed E-state index contributed by atoms with van der Waals surface area (Å²) in [6.07, 6.45) is 2.83. The van der Waals surface area contributed by atoms with Crippen molar-refractivity contribution >= 4 is 45.9 Å². The zero-order valence-corrected chi connectivity index (χ0v) is 17.1. The second-order valence-corrected chi connectivity index (χ2v) is 7.73. The Balaban J connectivity index is 1.95. The van der Waals surface area contributed by atoms with Gasteiger partial charge < -0.3 is 10.4 Å². The van der Waals surface area contributed by atoms with Gasteiger partial charge in [0.05, 0.1) is 26.9 Å². The summed E-state index contributed by atoms with van der Waals surface area (Å²) in [6, 6.07) is 11.4. The molecule has 3 aromatic rings. The van der Waals surface area contributed by atoms with E-state index in [2.05, 4.69) is 15.3 Å². The van der Waals surface area contributed by atoms with Crippen LogP contribution in [0.1, 0.15) is 26.7 Å². The summed E-state index contributed by atoms with van der Waals surface area (Å²) >= 11 is 12.3. The highest BCUT2D eigenvalue weighted by atomic mass is 35.5. The molecule has 7 heteroatoms. The number of carboxylic acids is 1. The minimum Gasteiger partial charge on any atom is -0.481 e. The maximum Gasteiger partial charge on any atom is 0.306 e. The molecule has 28 heavy (non-hydrogen) atoms. The Labute approximate surface area is 173 Å². The molecule has 0 aliphatic carbocycles. The average molecular weight is 418 g/mol. The predicted molar refractivity (Wildman–Crippen MR) is 114 cm³/mol. The topological polar surface area (TPSA) is 75.1 Å². The van der Waals surface area contributed by atoms with Crippen LogP contribution in [0, 0.1) is 5.92 Å². The molecule has 2 atom stereocenters. The lowest BCUT2D eigenvalue weighted by Crippen LogP contribution is -2.19. The third kappa shape index (κ3) is 4.54. The van der Waals surface area contributed by atoms with Crippen molar-refractivity contribution in [2.75, 3.05) is 5.32 Å². The molecule has 0 saturated carbocycles. The normalized spacial score (nSPS) is 13.3. The Kier molecular flexibility index (Phi) is 6.37. The van der Waals surface area contributed by atoms with Crippen molar-refractivity contribution in [3.63, 3.8) is 0 Å². The molecular weight excluding hydrogens is 397 g/mol. The molecule has 2 N–H and O–H groups in total. The van der Waals surface area contributed by atoms with Gasteiger partial charge in [-0.15, -0.1) is 0 Å². The van der Waals surface area contributed by atoms with Crippen LogP contribution in [0.3, 0.4) is 0 Å². The van der Waals surface area contributed by atoms with E-state index in [9.17, 15) is 4.79 Å². The Hall–Kier alpha value is -2.37. The summed E-state index contributed by atoms with van der Waals surface area (Å²) in [5.74, 6) is -0.443. The Bertz CT molecular complexity index is 1000. The lowest BCUT2D eigenvalue weighted by Gasteiger charge is -2.18. The number of anilines is 1. The molecule has 5 nitrogen and oxygen atoms in total. The second-order valence-electron chi connectivity index (χ2n) is 6.91. The predicted octanol–water partition coefficient (Wildman–Crippen LogP) is 5.90. The van der Waals surface area contributed by atoms with E-state index in [1.165, 1.54) is 6.33 Å². The molecule has 3 rings (SSSR count). The van der Waals surface area contributed by atoms with Gasteiger partial charge in [0.15, 0.2) is 0 Å². The van der Waals surface area contributed by atoms with E-state index >= 15 is 0 Å². The van der Waals surface area contributed by atoms with Crippen molar-refractivity contribution in [2.24, 2.45) is 5.92 Å². The largest absolute Gasteiger partial charge is 0.481 e. The number of halogens is 2. The maximum atomic E-state index is 11.0. The fraction of sp³-hybridized carbons (Fsp3) is 0.286. The molecule has 2 aromatic carbocycles. The van der Waals surface area contributed by atoms with Gasteiger partial charge in [-0.1, -0.05) is 48.3 Å². The summed E-state index contributed by atoms with van der Waals surface area (Å²) in [5.41, 5.74) is 2.68. The maximum absolute atomic E-state index is 11.0. The average Bonchev–Trinajstić information content (AvgIpc) is 2.68. The Morgan fingerprint density at radius 3 is 2.61 bits per heavy atom. The van der Waals surface area contributed by atoms with E-state index in [1.54, 1.807) is 13.0 Å².